The fourth-order valence-corrected chi connectivity index (χ4v) is 2.05. The Kier molecular flexibility index (Phi) is 5.48. The Bertz CT molecular complexity index is 418. The van der Waals surface area contributed by atoms with Gasteiger partial charge in [0.1, 0.15) is 0 Å². The minimum atomic E-state index is -1.35. The van der Waals surface area contributed by atoms with Gasteiger partial charge in [-0.3, -0.25) is 4.79 Å². The van der Waals surface area contributed by atoms with Crippen molar-refractivity contribution < 1.29 is 4.79 Å². The molecule has 0 saturated carbocycles. The lowest BCUT2D eigenvalue weighted by molar-refractivity contribution is -0.119. The van der Waals surface area contributed by atoms with Crippen LogP contribution in [0.15, 0.2) is 24.3 Å². The van der Waals surface area contributed by atoms with Crippen LogP contribution in [0.25, 0.3) is 0 Å². The van der Waals surface area contributed by atoms with Crippen molar-refractivity contribution in [3.8, 4) is 0 Å². The van der Waals surface area contributed by atoms with Gasteiger partial charge in [-0.25, -0.2) is 0 Å². The van der Waals surface area contributed by atoms with E-state index in [-0.39, 0.29) is 5.91 Å². The van der Waals surface area contributed by atoms with Crippen molar-refractivity contribution in [1.29, 1.82) is 0 Å². The zero-order valence-corrected chi connectivity index (χ0v) is 12.6. The monoisotopic (exact) mass is 287 g/mol. The topological polar surface area (TPSA) is 20.3 Å². The maximum Gasteiger partial charge on any atom is 0.263 e. The Balaban J connectivity index is 3.14. The Morgan fingerprint density at radius 3 is 2.33 bits per heavy atom. The Morgan fingerprint density at radius 1 is 1.22 bits per heavy atom. The maximum atomic E-state index is 12.4. The Morgan fingerprint density at radius 2 is 1.83 bits per heavy atom. The Hall–Kier alpha value is -0.730. The molecule has 0 aliphatic heterocycles. The number of anilines is 1. The third kappa shape index (κ3) is 3.18. The number of alkyl halides is 2. The molecule has 0 saturated heterocycles. The van der Waals surface area contributed by atoms with E-state index in [9.17, 15) is 4.79 Å². The minimum Gasteiger partial charge on any atom is -0.310 e. The van der Waals surface area contributed by atoms with Crippen LogP contribution in [0.2, 0.25) is 0 Å². The molecule has 0 aliphatic carbocycles. The average molecular weight is 288 g/mol. The summed E-state index contributed by atoms with van der Waals surface area (Å²) in [6, 6.07) is 7.83. The van der Waals surface area contributed by atoms with Crippen LogP contribution < -0.4 is 4.90 Å². The third-order valence-electron chi connectivity index (χ3n) is 2.98. The summed E-state index contributed by atoms with van der Waals surface area (Å²) in [7, 11) is 0. The number of rotatable bonds is 5. The lowest BCUT2D eigenvalue weighted by atomic mass is 10.1. The van der Waals surface area contributed by atoms with Crippen LogP contribution in [0, 0.1) is 0 Å². The van der Waals surface area contributed by atoms with Gasteiger partial charge in [0.05, 0.1) is 0 Å². The van der Waals surface area contributed by atoms with Crippen molar-refractivity contribution >= 4 is 34.8 Å². The quantitative estimate of drug-likeness (QED) is 0.744. The third-order valence-corrected chi connectivity index (χ3v) is 3.84. The van der Waals surface area contributed by atoms with Gasteiger partial charge >= 0.3 is 0 Å². The highest BCUT2D eigenvalue weighted by molar-refractivity contribution is 6.59. The van der Waals surface area contributed by atoms with Gasteiger partial charge in [-0.1, -0.05) is 55.2 Å². The second-order valence-electron chi connectivity index (χ2n) is 4.09. The second kappa shape index (κ2) is 6.44. The molecule has 1 aromatic rings. The smallest absolute Gasteiger partial charge is 0.263 e. The number of carbonyl (C=O) groups is 1. The zero-order chi connectivity index (χ0) is 13.8. The van der Waals surface area contributed by atoms with Crippen LogP contribution in [-0.2, 0) is 11.2 Å². The summed E-state index contributed by atoms with van der Waals surface area (Å²) in [4.78, 5) is 14.0. The number of para-hydroxylation sites is 1. The molecule has 0 aliphatic rings. The van der Waals surface area contributed by atoms with Crippen LogP contribution in [0.5, 0.6) is 0 Å². The van der Waals surface area contributed by atoms with Gasteiger partial charge < -0.3 is 4.90 Å². The molecule has 0 radical (unpaired) electrons. The predicted octanol–water partition coefficient (Wildman–Crippen LogP) is 4.19. The maximum absolute atomic E-state index is 12.4. The van der Waals surface area contributed by atoms with E-state index < -0.39 is 4.33 Å². The summed E-state index contributed by atoms with van der Waals surface area (Å²) in [6.07, 6.45) is 1.25. The molecule has 100 valence electrons. The first-order valence-electron chi connectivity index (χ1n) is 6.25. The van der Waals surface area contributed by atoms with Gasteiger partial charge in [-0.05, 0) is 31.4 Å². The largest absolute Gasteiger partial charge is 0.310 e. The van der Waals surface area contributed by atoms with Gasteiger partial charge in [-0.15, -0.1) is 0 Å². The number of amides is 1. The molecule has 1 rings (SSSR count). The summed E-state index contributed by atoms with van der Waals surface area (Å²) in [5.74, 6) is -0.253. The average Bonchev–Trinajstić information content (AvgIpc) is 2.40. The summed E-state index contributed by atoms with van der Waals surface area (Å²) in [5.41, 5.74) is 2.01. The van der Waals surface area contributed by atoms with Gasteiger partial charge in [0.25, 0.3) is 5.91 Å². The van der Waals surface area contributed by atoms with E-state index in [0.717, 1.165) is 17.7 Å². The lowest BCUT2D eigenvalue weighted by Gasteiger charge is -2.29. The summed E-state index contributed by atoms with van der Waals surface area (Å²) in [6.45, 7) is 6.34. The number of aryl methyl sites for hydroxylation is 1. The van der Waals surface area contributed by atoms with Crippen molar-refractivity contribution in [2.45, 2.75) is 37.9 Å². The molecular formula is C14H19Cl2NO. The molecule has 1 aromatic carbocycles. The highest BCUT2D eigenvalue weighted by Crippen LogP contribution is 2.31. The SMILES string of the molecule is CCc1ccccc1N(CC)C(=O)C(Cl)(Cl)CC. The summed E-state index contributed by atoms with van der Waals surface area (Å²) < 4.78 is -1.35. The predicted molar refractivity (Wildman–Crippen MR) is 78.6 cm³/mol. The van der Waals surface area contributed by atoms with Crippen molar-refractivity contribution in [3.63, 3.8) is 0 Å². The molecule has 1 amide bonds. The van der Waals surface area contributed by atoms with Crippen LogP contribution >= 0.6 is 23.2 Å². The number of benzene rings is 1. The van der Waals surface area contributed by atoms with E-state index in [0.29, 0.717) is 13.0 Å². The van der Waals surface area contributed by atoms with Gasteiger partial charge in [0.2, 0.25) is 0 Å². The molecular weight excluding hydrogens is 269 g/mol. The standard InChI is InChI=1S/C14H19Cl2NO/c1-4-11-9-7-8-10-12(11)17(6-3)13(18)14(15,16)5-2/h7-10H,4-6H2,1-3H3. The molecule has 0 unspecified atom stereocenters. The van der Waals surface area contributed by atoms with Gasteiger partial charge in [-0.2, -0.15) is 0 Å². The molecule has 0 N–H and O–H groups in total. The van der Waals surface area contributed by atoms with E-state index >= 15 is 0 Å². The van der Waals surface area contributed by atoms with E-state index in [1.807, 2.05) is 31.2 Å². The molecule has 0 aromatic heterocycles. The number of carbonyl (C=O) groups excluding carboxylic acids is 1. The Labute approximate surface area is 119 Å². The van der Waals surface area contributed by atoms with E-state index in [4.69, 9.17) is 23.2 Å². The molecule has 0 atom stereocenters. The first-order chi connectivity index (χ1) is 8.47. The van der Waals surface area contributed by atoms with E-state index in [1.165, 1.54) is 0 Å². The summed E-state index contributed by atoms with van der Waals surface area (Å²) >= 11 is 12.1. The van der Waals surface area contributed by atoms with Crippen molar-refractivity contribution in [1.82, 2.24) is 0 Å². The number of hydrogen-bond donors (Lipinski definition) is 0. The molecule has 0 fully saturated rings. The highest BCUT2D eigenvalue weighted by Gasteiger charge is 2.36. The zero-order valence-electron chi connectivity index (χ0n) is 11.0. The van der Waals surface area contributed by atoms with E-state index in [1.54, 1.807) is 11.8 Å². The van der Waals surface area contributed by atoms with E-state index in [2.05, 4.69) is 6.92 Å². The number of nitrogens with zero attached hydrogens (tertiary/aromatic N) is 1. The van der Waals surface area contributed by atoms with Crippen molar-refractivity contribution in [3.05, 3.63) is 29.8 Å². The fourth-order valence-electron chi connectivity index (χ4n) is 1.85. The number of halogens is 2. The first-order valence-corrected chi connectivity index (χ1v) is 7.01. The first kappa shape index (κ1) is 15.3. The normalized spacial score (nSPS) is 11.4. The lowest BCUT2D eigenvalue weighted by Crippen LogP contribution is -2.42. The van der Waals surface area contributed by atoms with Crippen LogP contribution in [0.3, 0.4) is 0 Å². The van der Waals surface area contributed by atoms with Crippen LogP contribution in [-0.4, -0.2) is 16.8 Å². The molecule has 4 heteroatoms. The van der Waals surface area contributed by atoms with Gasteiger partial charge in [0, 0.05) is 12.2 Å². The molecule has 18 heavy (non-hydrogen) atoms. The summed E-state index contributed by atoms with van der Waals surface area (Å²) in [5, 5.41) is 0. The highest BCUT2D eigenvalue weighted by atomic mass is 35.5. The molecule has 0 spiro atoms. The van der Waals surface area contributed by atoms with Crippen LogP contribution in [0.4, 0.5) is 5.69 Å². The van der Waals surface area contributed by atoms with Crippen LogP contribution in [0.1, 0.15) is 32.8 Å². The molecule has 2 nitrogen and oxygen atoms in total. The van der Waals surface area contributed by atoms with Crippen molar-refractivity contribution in [2.75, 3.05) is 11.4 Å². The number of hydrogen-bond acceptors (Lipinski definition) is 1. The molecule has 0 bridgehead atoms. The second-order valence-corrected chi connectivity index (χ2v) is 5.57. The van der Waals surface area contributed by atoms with Gasteiger partial charge in [0.15, 0.2) is 4.33 Å². The fraction of sp³-hybridized carbons (Fsp3) is 0.500. The van der Waals surface area contributed by atoms with Crippen molar-refractivity contribution in [2.24, 2.45) is 0 Å². The molecule has 0 heterocycles. The minimum absolute atomic E-state index is 0.253.